The zero-order chi connectivity index (χ0) is 25.6. The lowest BCUT2D eigenvalue weighted by molar-refractivity contribution is -0.133. The molecule has 5 rings (SSSR count). The third kappa shape index (κ3) is 4.34. The van der Waals surface area contributed by atoms with Gasteiger partial charge in [-0.1, -0.05) is 12.5 Å². The molecule has 3 aliphatic rings. The molecule has 1 saturated heterocycles. The lowest BCUT2D eigenvalue weighted by atomic mass is 9.91. The average Bonchev–Trinajstić information content (AvgIpc) is 3.64. The standard InChI is InChI=1S/C27H32FN3O5/c1-14-8-9-19(28)24-18(14)11-21(29-24)27(36)31-12-16-5-2-6-17(16)25(31)26(35)30-20(23(34)13-32)10-15-4-3-7-22(15)33/h8-9,11,15-17,20,25,29,32H,2-7,10,12-13H2,1H3,(H,30,35)/t15-,16-,17-,20-,25-/m0/s1. The largest absolute Gasteiger partial charge is 0.389 e. The lowest BCUT2D eigenvalue weighted by Gasteiger charge is -2.29. The molecule has 9 heteroatoms. The van der Waals surface area contributed by atoms with Gasteiger partial charge in [0.05, 0.1) is 11.6 Å². The van der Waals surface area contributed by atoms with Crippen LogP contribution in [0.2, 0.25) is 0 Å². The number of aryl methyl sites for hydroxylation is 1. The Kier molecular flexibility index (Phi) is 6.68. The molecule has 5 atom stereocenters. The molecule has 8 nitrogen and oxygen atoms in total. The van der Waals surface area contributed by atoms with Crippen molar-refractivity contribution in [1.82, 2.24) is 15.2 Å². The van der Waals surface area contributed by atoms with Crippen molar-refractivity contribution in [3.8, 4) is 0 Å². The third-order valence-corrected chi connectivity index (χ3v) is 8.42. The molecule has 1 aromatic carbocycles. The molecule has 1 aliphatic heterocycles. The van der Waals surface area contributed by atoms with E-state index in [9.17, 15) is 28.7 Å². The van der Waals surface area contributed by atoms with Crippen LogP contribution in [-0.2, 0) is 14.4 Å². The van der Waals surface area contributed by atoms with Crippen LogP contribution in [0.5, 0.6) is 0 Å². The first-order chi connectivity index (χ1) is 17.3. The number of halogens is 1. The van der Waals surface area contributed by atoms with Gasteiger partial charge < -0.3 is 20.3 Å². The molecule has 2 heterocycles. The third-order valence-electron chi connectivity index (χ3n) is 8.42. The number of carbonyl (C=O) groups is 4. The van der Waals surface area contributed by atoms with Crippen LogP contribution in [0.25, 0.3) is 10.9 Å². The zero-order valence-corrected chi connectivity index (χ0v) is 20.4. The van der Waals surface area contributed by atoms with Crippen molar-refractivity contribution in [2.45, 2.75) is 64.0 Å². The molecule has 2 aliphatic carbocycles. The molecule has 192 valence electrons. The molecule has 1 aromatic heterocycles. The van der Waals surface area contributed by atoms with Crippen LogP contribution in [0.15, 0.2) is 18.2 Å². The van der Waals surface area contributed by atoms with Gasteiger partial charge in [0.15, 0.2) is 5.78 Å². The number of H-pyrrole nitrogens is 1. The van der Waals surface area contributed by atoms with E-state index in [1.165, 1.54) is 6.07 Å². The van der Waals surface area contributed by atoms with Gasteiger partial charge in [-0.3, -0.25) is 19.2 Å². The number of hydrogen-bond acceptors (Lipinski definition) is 5. The molecule has 0 bridgehead atoms. The van der Waals surface area contributed by atoms with E-state index in [2.05, 4.69) is 10.3 Å². The molecule has 0 unspecified atom stereocenters. The fourth-order valence-corrected chi connectivity index (χ4v) is 6.51. The minimum atomic E-state index is -0.975. The van der Waals surface area contributed by atoms with Crippen molar-refractivity contribution in [1.29, 1.82) is 0 Å². The van der Waals surface area contributed by atoms with Crippen molar-refractivity contribution in [3.63, 3.8) is 0 Å². The van der Waals surface area contributed by atoms with Crippen molar-refractivity contribution < 1.29 is 28.7 Å². The predicted molar refractivity (Wildman–Crippen MR) is 130 cm³/mol. The van der Waals surface area contributed by atoms with E-state index >= 15 is 0 Å². The Morgan fingerprint density at radius 2 is 2.03 bits per heavy atom. The van der Waals surface area contributed by atoms with Crippen molar-refractivity contribution in [3.05, 3.63) is 35.3 Å². The Morgan fingerprint density at radius 1 is 1.22 bits per heavy atom. The van der Waals surface area contributed by atoms with Crippen molar-refractivity contribution in [2.75, 3.05) is 13.2 Å². The second kappa shape index (κ2) is 9.76. The van der Waals surface area contributed by atoms with E-state index in [1.54, 1.807) is 17.0 Å². The van der Waals surface area contributed by atoms with Crippen LogP contribution in [-0.4, -0.2) is 63.6 Å². The SMILES string of the molecule is Cc1ccc(F)c2[nH]c(C(=O)N3C[C@@H]4CCC[C@@H]4[C@H]3C(=O)N[C@@H](C[C@@H]3CCCC3=O)C(=O)CO)cc12. The van der Waals surface area contributed by atoms with E-state index in [1.807, 2.05) is 6.92 Å². The Morgan fingerprint density at radius 3 is 2.72 bits per heavy atom. The summed E-state index contributed by atoms with van der Waals surface area (Å²) in [7, 11) is 0. The number of aliphatic hydroxyl groups excluding tert-OH is 1. The van der Waals surface area contributed by atoms with Gasteiger partial charge in [-0.15, -0.1) is 0 Å². The van der Waals surface area contributed by atoms with Crippen LogP contribution >= 0.6 is 0 Å². The fourth-order valence-electron chi connectivity index (χ4n) is 6.51. The minimum absolute atomic E-state index is 0.0326. The second-order valence-electron chi connectivity index (χ2n) is 10.6. The van der Waals surface area contributed by atoms with Gasteiger partial charge in [0.2, 0.25) is 5.91 Å². The number of nitrogens with one attached hydrogen (secondary N) is 2. The molecule has 2 aromatic rings. The number of Topliss-reactive ketones (excluding diaryl/α,β-unsaturated/α-hetero) is 2. The first kappa shape index (κ1) is 24.6. The number of aromatic amines is 1. The fraction of sp³-hybridized carbons (Fsp3) is 0.556. The maximum absolute atomic E-state index is 14.4. The van der Waals surface area contributed by atoms with Gasteiger partial charge in [-0.05, 0) is 68.6 Å². The Bertz CT molecular complexity index is 1180. The van der Waals surface area contributed by atoms with E-state index in [0.717, 1.165) is 31.2 Å². The van der Waals surface area contributed by atoms with Crippen LogP contribution in [0.1, 0.15) is 61.0 Å². The molecule has 0 spiro atoms. The van der Waals surface area contributed by atoms with E-state index in [4.69, 9.17) is 0 Å². The maximum Gasteiger partial charge on any atom is 0.271 e. The number of fused-ring (bicyclic) bond motifs is 2. The minimum Gasteiger partial charge on any atom is -0.389 e. The zero-order valence-electron chi connectivity index (χ0n) is 20.4. The van der Waals surface area contributed by atoms with Crippen LogP contribution in [0, 0.1) is 30.5 Å². The number of aromatic nitrogens is 1. The van der Waals surface area contributed by atoms with Gasteiger partial charge >= 0.3 is 0 Å². The summed E-state index contributed by atoms with van der Waals surface area (Å²) in [5.41, 5.74) is 1.31. The molecule has 3 fully saturated rings. The highest BCUT2D eigenvalue weighted by Crippen LogP contribution is 2.43. The highest BCUT2D eigenvalue weighted by Gasteiger charge is 2.50. The quantitative estimate of drug-likeness (QED) is 0.543. The summed E-state index contributed by atoms with van der Waals surface area (Å²) >= 11 is 0. The lowest BCUT2D eigenvalue weighted by Crippen LogP contribution is -2.53. The van der Waals surface area contributed by atoms with Crippen molar-refractivity contribution in [2.24, 2.45) is 17.8 Å². The normalized spacial score (nSPS) is 26.4. The second-order valence-corrected chi connectivity index (χ2v) is 10.6. The van der Waals surface area contributed by atoms with Crippen LogP contribution < -0.4 is 5.32 Å². The highest BCUT2D eigenvalue weighted by atomic mass is 19.1. The summed E-state index contributed by atoms with van der Waals surface area (Å²) in [4.78, 5) is 56.3. The first-order valence-corrected chi connectivity index (χ1v) is 12.8. The van der Waals surface area contributed by atoms with E-state index in [0.29, 0.717) is 24.8 Å². The molecular weight excluding hydrogens is 465 g/mol. The van der Waals surface area contributed by atoms with Crippen LogP contribution in [0.4, 0.5) is 4.39 Å². The van der Waals surface area contributed by atoms with Gasteiger partial charge in [0.25, 0.3) is 5.91 Å². The van der Waals surface area contributed by atoms with Crippen LogP contribution in [0.3, 0.4) is 0 Å². The van der Waals surface area contributed by atoms with Gasteiger partial charge in [-0.25, -0.2) is 4.39 Å². The summed E-state index contributed by atoms with van der Waals surface area (Å²) < 4.78 is 14.4. The Labute approximate surface area is 208 Å². The topological polar surface area (TPSA) is 120 Å². The number of carbonyl (C=O) groups excluding carboxylic acids is 4. The maximum atomic E-state index is 14.4. The molecule has 2 saturated carbocycles. The number of ketones is 2. The number of aliphatic hydroxyl groups is 1. The van der Waals surface area contributed by atoms with Crippen molar-refractivity contribution >= 4 is 34.3 Å². The number of amides is 2. The summed E-state index contributed by atoms with van der Waals surface area (Å²) in [5.74, 6) is -1.89. The Hall–Kier alpha value is -3.07. The summed E-state index contributed by atoms with van der Waals surface area (Å²) in [6.07, 6.45) is 4.74. The molecule has 36 heavy (non-hydrogen) atoms. The highest BCUT2D eigenvalue weighted by molar-refractivity contribution is 6.02. The summed E-state index contributed by atoms with van der Waals surface area (Å²) in [5, 5.41) is 12.9. The predicted octanol–water partition coefficient (Wildman–Crippen LogP) is 2.66. The number of nitrogens with zero attached hydrogens (tertiary/aromatic N) is 1. The monoisotopic (exact) mass is 497 g/mol. The molecule has 2 amide bonds. The Balaban J connectivity index is 1.40. The van der Waals surface area contributed by atoms with E-state index in [-0.39, 0.29) is 47.1 Å². The summed E-state index contributed by atoms with van der Waals surface area (Å²) in [6.45, 7) is 1.52. The smallest absolute Gasteiger partial charge is 0.271 e. The van der Waals surface area contributed by atoms with Gasteiger partial charge in [-0.2, -0.15) is 0 Å². The first-order valence-electron chi connectivity index (χ1n) is 12.8. The number of benzene rings is 1. The van der Waals surface area contributed by atoms with E-state index < -0.39 is 36.2 Å². The van der Waals surface area contributed by atoms with Gasteiger partial charge in [0, 0.05) is 24.3 Å². The molecular formula is C27H32FN3O5. The summed E-state index contributed by atoms with van der Waals surface area (Å²) in [6, 6.07) is 2.89. The number of rotatable bonds is 7. The number of hydrogen-bond donors (Lipinski definition) is 3. The number of likely N-dealkylation sites (tertiary alicyclic amines) is 1. The average molecular weight is 498 g/mol. The van der Waals surface area contributed by atoms with Gasteiger partial charge in [0.1, 0.15) is 29.9 Å². The molecule has 3 N–H and O–H groups in total. The molecule has 0 radical (unpaired) electrons.